The fourth-order valence-corrected chi connectivity index (χ4v) is 3.46. The van der Waals surface area contributed by atoms with Crippen molar-refractivity contribution in [1.29, 1.82) is 0 Å². The summed E-state index contributed by atoms with van der Waals surface area (Å²) < 4.78 is 16.0. The summed E-state index contributed by atoms with van der Waals surface area (Å²) in [5.41, 5.74) is 1.79. The number of benzene rings is 1. The number of aliphatic carboxylic acids is 1. The van der Waals surface area contributed by atoms with E-state index in [0.29, 0.717) is 37.0 Å². The van der Waals surface area contributed by atoms with E-state index in [-0.39, 0.29) is 12.7 Å². The van der Waals surface area contributed by atoms with Crippen LogP contribution in [0.15, 0.2) is 28.9 Å². The highest BCUT2D eigenvalue weighted by Gasteiger charge is 2.39. The molecule has 24 heavy (non-hydrogen) atoms. The molecule has 1 fully saturated rings. The van der Waals surface area contributed by atoms with Crippen molar-refractivity contribution in [2.45, 2.75) is 19.4 Å². The van der Waals surface area contributed by atoms with Gasteiger partial charge in [0.1, 0.15) is 6.26 Å². The first-order valence-electron chi connectivity index (χ1n) is 7.86. The molecule has 1 aromatic heterocycles. The predicted octanol–water partition coefficient (Wildman–Crippen LogP) is 2.01. The molecular formula is C17H18N2O5. The van der Waals surface area contributed by atoms with Crippen LogP contribution >= 0.6 is 0 Å². The third-order valence-corrected chi connectivity index (χ3v) is 4.59. The Morgan fingerprint density at radius 2 is 2.17 bits per heavy atom. The van der Waals surface area contributed by atoms with Crippen LogP contribution in [0.4, 0.5) is 0 Å². The first-order valence-corrected chi connectivity index (χ1v) is 7.86. The average molecular weight is 330 g/mol. The molecule has 2 aliphatic heterocycles. The monoisotopic (exact) mass is 330 g/mol. The van der Waals surface area contributed by atoms with Crippen molar-refractivity contribution < 1.29 is 23.8 Å². The Morgan fingerprint density at radius 1 is 1.33 bits per heavy atom. The van der Waals surface area contributed by atoms with E-state index in [4.69, 9.17) is 13.9 Å². The van der Waals surface area contributed by atoms with Crippen LogP contribution < -0.4 is 9.47 Å². The zero-order valence-corrected chi connectivity index (χ0v) is 13.3. The van der Waals surface area contributed by atoms with Crippen molar-refractivity contribution in [3.05, 3.63) is 41.6 Å². The fourth-order valence-electron chi connectivity index (χ4n) is 3.46. The van der Waals surface area contributed by atoms with Crippen LogP contribution in [-0.2, 0) is 11.3 Å². The Balaban J connectivity index is 1.55. The third-order valence-electron chi connectivity index (χ3n) is 4.59. The molecule has 0 aliphatic carbocycles. The summed E-state index contributed by atoms with van der Waals surface area (Å²) in [5, 5.41) is 9.61. The molecule has 126 valence electrons. The minimum Gasteiger partial charge on any atom is -0.481 e. The molecule has 7 nitrogen and oxygen atoms in total. The second-order valence-electron chi connectivity index (χ2n) is 6.22. The van der Waals surface area contributed by atoms with Gasteiger partial charge in [-0.05, 0) is 17.7 Å². The number of ether oxygens (including phenoxy) is 2. The van der Waals surface area contributed by atoms with E-state index in [1.54, 1.807) is 13.2 Å². The van der Waals surface area contributed by atoms with Gasteiger partial charge < -0.3 is 19.0 Å². The highest BCUT2D eigenvalue weighted by Crippen LogP contribution is 2.39. The number of aromatic nitrogens is 1. The molecule has 1 N–H and O–H groups in total. The molecule has 0 saturated carbocycles. The Bertz CT molecular complexity index is 772. The largest absolute Gasteiger partial charge is 0.481 e. The molecule has 2 aliphatic rings. The number of carboxylic acid groups (broad SMARTS) is 1. The smallest absolute Gasteiger partial charge is 0.308 e. The van der Waals surface area contributed by atoms with Crippen LogP contribution in [0.1, 0.15) is 23.1 Å². The van der Waals surface area contributed by atoms with E-state index in [0.717, 1.165) is 11.3 Å². The van der Waals surface area contributed by atoms with Gasteiger partial charge in [-0.25, -0.2) is 4.98 Å². The Hall–Kier alpha value is -2.54. The number of fused-ring (bicyclic) bond motifs is 1. The number of nitrogens with zero attached hydrogens (tertiary/aromatic N) is 2. The van der Waals surface area contributed by atoms with Gasteiger partial charge in [-0.3, -0.25) is 9.69 Å². The maximum absolute atomic E-state index is 11.7. The van der Waals surface area contributed by atoms with E-state index in [9.17, 15) is 9.90 Å². The summed E-state index contributed by atoms with van der Waals surface area (Å²) in [4.78, 5) is 18.1. The Labute approximate surface area is 138 Å². The van der Waals surface area contributed by atoms with Crippen molar-refractivity contribution in [1.82, 2.24) is 9.88 Å². The van der Waals surface area contributed by atoms with Crippen molar-refractivity contribution >= 4 is 5.97 Å². The van der Waals surface area contributed by atoms with E-state index in [1.165, 1.54) is 0 Å². The zero-order valence-electron chi connectivity index (χ0n) is 13.3. The number of hydrogen-bond acceptors (Lipinski definition) is 6. The third kappa shape index (κ3) is 2.71. The molecule has 2 atom stereocenters. The van der Waals surface area contributed by atoms with Crippen LogP contribution in [0.2, 0.25) is 0 Å². The molecule has 4 rings (SSSR count). The number of likely N-dealkylation sites (tertiary alicyclic amines) is 1. The molecule has 0 spiro atoms. The van der Waals surface area contributed by atoms with Gasteiger partial charge in [0.25, 0.3) is 0 Å². The van der Waals surface area contributed by atoms with Crippen LogP contribution in [0.25, 0.3) is 0 Å². The van der Waals surface area contributed by atoms with E-state index < -0.39 is 11.9 Å². The van der Waals surface area contributed by atoms with Gasteiger partial charge >= 0.3 is 5.97 Å². The van der Waals surface area contributed by atoms with Gasteiger partial charge in [-0.1, -0.05) is 6.07 Å². The topological polar surface area (TPSA) is 85.0 Å². The summed E-state index contributed by atoms with van der Waals surface area (Å²) in [6, 6.07) is 5.67. The summed E-state index contributed by atoms with van der Waals surface area (Å²) in [6.07, 6.45) is 1.62. The zero-order chi connectivity index (χ0) is 16.7. The van der Waals surface area contributed by atoms with Crippen LogP contribution in [0.3, 0.4) is 0 Å². The second-order valence-corrected chi connectivity index (χ2v) is 6.22. The van der Waals surface area contributed by atoms with Crippen molar-refractivity contribution in [2.24, 2.45) is 5.92 Å². The van der Waals surface area contributed by atoms with E-state index in [1.807, 2.05) is 18.2 Å². The molecule has 1 aromatic carbocycles. The first-order chi connectivity index (χ1) is 11.6. The fraction of sp³-hybridized carbons (Fsp3) is 0.412. The standard InChI is InChI=1S/C17H18N2O5/c1-10-18-12(8-22-10)5-19-6-13(14(7-19)17(20)21)11-2-3-15-16(4-11)24-9-23-15/h2-4,8,13-14H,5-7,9H2,1H3,(H,20,21)/t13-,14+/m0/s1. The molecule has 0 radical (unpaired) electrons. The van der Waals surface area contributed by atoms with Gasteiger partial charge in [0.2, 0.25) is 6.79 Å². The number of carboxylic acids is 1. The highest BCUT2D eigenvalue weighted by molar-refractivity contribution is 5.72. The lowest BCUT2D eigenvalue weighted by Gasteiger charge is -2.16. The Morgan fingerprint density at radius 3 is 2.92 bits per heavy atom. The van der Waals surface area contributed by atoms with Crippen LogP contribution in [-0.4, -0.2) is 40.8 Å². The number of carbonyl (C=O) groups is 1. The van der Waals surface area contributed by atoms with Gasteiger partial charge in [0.15, 0.2) is 17.4 Å². The highest BCUT2D eigenvalue weighted by atomic mass is 16.7. The Kier molecular flexibility index (Phi) is 3.65. The number of rotatable bonds is 4. The van der Waals surface area contributed by atoms with Gasteiger partial charge in [0.05, 0.1) is 11.6 Å². The number of hydrogen-bond donors (Lipinski definition) is 1. The molecule has 1 saturated heterocycles. The SMILES string of the molecule is Cc1nc(CN2C[C@@H](C(=O)O)[C@H](c3ccc4c(c3)OCO4)C2)co1. The quantitative estimate of drug-likeness (QED) is 0.918. The molecule has 0 amide bonds. The second kappa shape index (κ2) is 5.83. The summed E-state index contributed by atoms with van der Waals surface area (Å²) >= 11 is 0. The van der Waals surface area contributed by atoms with Crippen molar-refractivity contribution in [3.8, 4) is 11.5 Å². The van der Waals surface area contributed by atoms with E-state index >= 15 is 0 Å². The summed E-state index contributed by atoms with van der Waals surface area (Å²) in [7, 11) is 0. The lowest BCUT2D eigenvalue weighted by Crippen LogP contribution is -2.23. The predicted molar refractivity (Wildman–Crippen MR) is 82.9 cm³/mol. The molecule has 2 aromatic rings. The lowest BCUT2D eigenvalue weighted by molar-refractivity contribution is -0.141. The average Bonchev–Trinajstić information content (AvgIpc) is 3.26. The number of oxazole rings is 1. The van der Waals surface area contributed by atoms with Gasteiger partial charge in [-0.2, -0.15) is 0 Å². The maximum Gasteiger partial charge on any atom is 0.308 e. The van der Waals surface area contributed by atoms with E-state index in [2.05, 4.69) is 9.88 Å². The lowest BCUT2D eigenvalue weighted by atomic mass is 9.89. The molecule has 3 heterocycles. The summed E-state index contributed by atoms with van der Waals surface area (Å²) in [5.74, 6) is 0.673. The molecule has 0 unspecified atom stereocenters. The van der Waals surface area contributed by atoms with Gasteiger partial charge in [-0.15, -0.1) is 0 Å². The van der Waals surface area contributed by atoms with Crippen molar-refractivity contribution in [3.63, 3.8) is 0 Å². The minimum atomic E-state index is -0.781. The number of aryl methyl sites for hydroxylation is 1. The summed E-state index contributed by atoms with van der Waals surface area (Å²) in [6.45, 7) is 3.73. The molecular weight excluding hydrogens is 312 g/mol. The van der Waals surface area contributed by atoms with Crippen LogP contribution in [0.5, 0.6) is 11.5 Å². The maximum atomic E-state index is 11.7. The molecule has 0 bridgehead atoms. The molecule has 7 heteroatoms. The van der Waals surface area contributed by atoms with Crippen molar-refractivity contribution in [2.75, 3.05) is 19.9 Å². The normalized spacial score (nSPS) is 22.9. The minimum absolute atomic E-state index is 0.0926. The van der Waals surface area contributed by atoms with Crippen LogP contribution in [0, 0.1) is 12.8 Å². The first kappa shape index (κ1) is 15.0. The van der Waals surface area contributed by atoms with Gasteiger partial charge in [0, 0.05) is 32.5 Å².